The largest absolute Gasteiger partial charge is 0.316 e. The van der Waals surface area contributed by atoms with Gasteiger partial charge in [-0.3, -0.25) is 0 Å². The van der Waals surface area contributed by atoms with Crippen molar-refractivity contribution in [1.82, 2.24) is 0 Å². The normalized spacial score (nSPS) is 11.6. The Bertz CT molecular complexity index is 253. The molecular weight excluding hydrogens is 166 g/mol. The Morgan fingerprint density at radius 3 is 2.36 bits per heavy atom. The van der Waals surface area contributed by atoms with E-state index in [1.165, 1.54) is 12.1 Å². The lowest BCUT2D eigenvalue weighted by Crippen LogP contribution is -2.02. The van der Waals surface area contributed by atoms with Gasteiger partial charge in [-0.25, -0.2) is 0 Å². The van der Waals surface area contributed by atoms with E-state index in [1.807, 2.05) is 0 Å². The van der Waals surface area contributed by atoms with E-state index >= 15 is 0 Å². The minimum absolute atomic E-state index is 0.0548. The lowest BCUT2D eigenvalue weighted by atomic mass is 10.1. The second kappa shape index (κ2) is 2.81. The molecule has 0 atom stereocenters. The molecule has 0 aliphatic rings. The summed E-state index contributed by atoms with van der Waals surface area (Å²) in [6.07, 6.45) is 0. The highest BCUT2D eigenvalue weighted by Gasteiger charge is 2.24. The first kappa shape index (κ1) is 8.53. The number of aryl methyl sites for hydroxylation is 1. The Balaban J connectivity index is 3.06. The first-order valence-electron chi connectivity index (χ1n) is 3.17. The molecule has 60 valence electrons. The van der Waals surface area contributed by atoms with Crippen molar-refractivity contribution in [3.8, 4) is 0 Å². The summed E-state index contributed by atoms with van der Waals surface area (Å²) in [7, 11) is 0. The maximum Gasteiger partial charge on any atom is 0.316 e. The summed E-state index contributed by atoms with van der Waals surface area (Å²) in [5.74, 6) is 0. The van der Waals surface area contributed by atoms with E-state index in [4.69, 9.17) is 0 Å². The van der Waals surface area contributed by atoms with E-state index < -0.39 is 5.25 Å². The second-order valence-electron chi connectivity index (χ2n) is 2.41. The smallest absolute Gasteiger partial charge is 0.189 e. The molecule has 3 heteroatoms. The molecule has 0 aromatic heterocycles. The predicted molar refractivity (Wildman–Crippen MR) is 44.1 cm³/mol. The molecule has 0 aliphatic heterocycles. The van der Waals surface area contributed by atoms with Crippen molar-refractivity contribution in [2.45, 2.75) is 12.2 Å². The van der Waals surface area contributed by atoms with Crippen LogP contribution in [0.25, 0.3) is 0 Å². The average molecular weight is 174 g/mol. The highest BCUT2D eigenvalue weighted by molar-refractivity contribution is 7.81. The van der Waals surface area contributed by atoms with Crippen LogP contribution in [0.5, 0.6) is 0 Å². The number of thiol groups is 1. The van der Waals surface area contributed by atoms with Crippen LogP contribution in [0.2, 0.25) is 0 Å². The van der Waals surface area contributed by atoms with Crippen LogP contribution in [0.4, 0.5) is 8.78 Å². The Morgan fingerprint density at radius 2 is 2.00 bits per heavy atom. The fraction of sp³-hybridized carbons (Fsp3) is 0.250. The molecule has 11 heavy (non-hydrogen) atoms. The molecule has 0 heterocycles. The van der Waals surface area contributed by atoms with Crippen molar-refractivity contribution in [1.29, 1.82) is 0 Å². The molecule has 0 radical (unpaired) electrons. The van der Waals surface area contributed by atoms with Gasteiger partial charge in [-0.2, -0.15) is 8.78 Å². The lowest BCUT2D eigenvalue weighted by Gasteiger charge is -2.09. The molecule has 1 aromatic carbocycles. The Labute approximate surface area is 69.6 Å². The van der Waals surface area contributed by atoms with E-state index in [1.54, 1.807) is 19.1 Å². The minimum atomic E-state index is -3.02. The quantitative estimate of drug-likeness (QED) is 0.622. The number of halogens is 2. The molecule has 0 saturated carbocycles. The highest BCUT2D eigenvalue weighted by Crippen LogP contribution is 2.31. The van der Waals surface area contributed by atoms with Crippen LogP contribution < -0.4 is 0 Å². The zero-order valence-electron chi connectivity index (χ0n) is 6.01. The monoisotopic (exact) mass is 174 g/mol. The maximum absolute atomic E-state index is 12.5. The van der Waals surface area contributed by atoms with Crippen LogP contribution in [-0.2, 0) is 5.25 Å². The SMILES string of the molecule is Cc1cccc(C(F)(F)S)c1. The van der Waals surface area contributed by atoms with Gasteiger partial charge in [0.15, 0.2) is 0 Å². The summed E-state index contributed by atoms with van der Waals surface area (Å²) in [4.78, 5) is 0. The van der Waals surface area contributed by atoms with Crippen LogP contribution in [0.3, 0.4) is 0 Å². The number of rotatable bonds is 1. The lowest BCUT2D eigenvalue weighted by molar-refractivity contribution is 0.108. The van der Waals surface area contributed by atoms with E-state index in [0.717, 1.165) is 5.56 Å². The first-order valence-corrected chi connectivity index (χ1v) is 3.62. The van der Waals surface area contributed by atoms with Crippen LogP contribution in [0.1, 0.15) is 11.1 Å². The van der Waals surface area contributed by atoms with E-state index in [2.05, 4.69) is 12.6 Å². The molecule has 0 unspecified atom stereocenters. The van der Waals surface area contributed by atoms with Crippen molar-refractivity contribution >= 4 is 12.6 Å². The summed E-state index contributed by atoms with van der Waals surface area (Å²) in [6.45, 7) is 1.77. The molecule has 0 fully saturated rings. The average Bonchev–Trinajstić information content (AvgIpc) is 1.86. The molecule has 0 bridgehead atoms. The predicted octanol–water partition coefficient (Wildman–Crippen LogP) is 2.97. The summed E-state index contributed by atoms with van der Waals surface area (Å²) >= 11 is 3.16. The first-order chi connectivity index (χ1) is 5.00. The molecule has 1 aromatic rings. The molecular formula is C8H8F2S. The van der Waals surface area contributed by atoms with Crippen molar-refractivity contribution in [3.63, 3.8) is 0 Å². The summed E-state index contributed by atoms with van der Waals surface area (Å²) in [5.41, 5.74) is 0.761. The topological polar surface area (TPSA) is 0 Å². The fourth-order valence-corrected chi connectivity index (χ4v) is 0.971. The van der Waals surface area contributed by atoms with Gasteiger partial charge in [0, 0.05) is 5.56 Å². The van der Waals surface area contributed by atoms with Gasteiger partial charge < -0.3 is 0 Å². The highest BCUT2D eigenvalue weighted by atomic mass is 32.1. The Hall–Kier alpha value is -0.570. The fourth-order valence-electron chi connectivity index (χ4n) is 0.832. The van der Waals surface area contributed by atoms with Gasteiger partial charge in [-0.05, 0) is 13.0 Å². The molecule has 0 N–H and O–H groups in total. The minimum Gasteiger partial charge on any atom is -0.189 e. The van der Waals surface area contributed by atoms with Crippen molar-refractivity contribution in [3.05, 3.63) is 35.4 Å². The van der Waals surface area contributed by atoms with Gasteiger partial charge >= 0.3 is 5.25 Å². The van der Waals surface area contributed by atoms with Gasteiger partial charge in [0.05, 0.1) is 0 Å². The number of hydrogen-bond donors (Lipinski definition) is 1. The van der Waals surface area contributed by atoms with Gasteiger partial charge in [-0.15, -0.1) is 12.6 Å². The van der Waals surface area contributed by atoms with E-state index in [0.29, 0.717) is 0 Å². The molecule has 0 nitrogen and oxygen atoms in total. The third-order valence-electron chi connectivity index (χ3n) is 1.37. The molecule has 0 saturated heterocycles. The summed E-state index contributed by atoms with van der Waals surface area (Å²) in [6, 6.07) is 6.14. The van der Waals surface area contributed by atoms with Crippen LogP contribution in [0.15, 0.2) is 24.3 Å². The van der Waals surface area contributed by atoms with Crippen LogP contribution >= 0.6 is 12.6 Å². The van der Waals surface area contributed by atoms with Crippen molar-refractivity contribution in [2.75, 3.05) is 0 Å². The van der Waals surface area contributed by atoms with Crippen molar-refractivity contribution in [2.24, 2.45) is 0 Å². The van der Waals surface area contributed by atoms with Gasteiger partial charge in [0.1, 0.15) is 0 Å². The maximum atomic E-state index is 12.5. The van der Waals surface area contributed by atoms with Gasteiger partial charge in [0.2, 0.25) is 0 Å². The number of alkyl halides is 2. The Kier molecular flexibility index (Phi) is 2.18. The van der Waals surface area contributed by atoms with Crippen molar-refractivity contribution < 1.29 is 8.78 Å². The van der Waals surface area contributed by atoms with Gasteiger partial charge in [-0.1, -0.05) is 23.8 Å². The van der Waals surface area contributed by atoms with E-state index in [-0.39, 0.29) is 5.56 Å². The molecule has 0 spiro atoms. The number of hydrogen-bond acceptors (Lipinski definition) is 1. The molecule has 0 amide bonds. The standard InChI is InChI=1S/C8H8F2S/c1-6-3-2-4-7(5-6)8(9,10)11/h2-5,11H,1H3. The molecule has 1 rings (SSSR count). The third kappa shape index (κ3) is 2.19. The van der Waals surface area contributed by atoms with Crippen LogP contribution in [0, 0.1) is 6.92 Å². The number of benzene rings is 1. The second-order valence-corrected chi connectivity index (χ2v) is 2.97. The third-order valence-corrected chi connectivity index (χ3v) is 1.62. The van der Waals surface area contributed by atoms with Crippen LogP contribution in [-0.4, -0.2) is 0 Å². The molecule has 0 aliphatic carbocycles. The van der Waals surface area contributed by atoms with Gasteiger partial charge in [0.25, 0.3) is 0 Å². The zero-order valence-corrected chi connectivity index (χ0v) is 6.91. The van der Waals surface area contributed by atoms with E-state index in [9.17, 15) is 8.78 Å². The summed E-state index contributed by atoms with van der Waals surface area (Å²) in [5, 5.41) is -3.02. The zero-order chi connectivity index (χ0) is 8.48. The summed E-state index contributed by atoms with van der Waals surface area (Å²) < 4.78 is 25.0. The Morgan fingerprint density at radius 1 is 1.36 bits per heavy atom.